The lowest BCUT2D eigenvalue weighted by Gasteiger charge is -2.19. The lowest BCUT2D eigenvalue weighted by molar-refractivity contribution is 0.331. The molecule has 2 rings (SSSR count). The minimum absolute atomic E-state index is 0.0175. The molecule has 0 atom stereocenters. The average molecular weight is 315 g/mol. The Morgan fingerprint density at radius 3 is 2.65 bits per heavy atom. The van der Waals surface area contributed by atoms with Gasteiger partial charge in [-0.2, -0.15) is 4.98 Å². The van der Waals surface area contributed by atoms with Crippen molar-refractivity contribution >= 4 is 23.2 Å². The quantitative estimate of drug-likeness (QED) is 0.891. The van der Waals surface area contributed by atoms with E-state index in [-0.39, 0.29) is 11.6 Å². The molecule has 0 aliphatic carbocycles. The molecule has 1 aromatic carbocycles. The van der Waals surface area contributed by atoms with Gasteiger partial charge in [0.25, 0.3) is 0 Å². The van der Waals surface area contributed by atoms with Crippen LogP contribution >= 0.6 is 23.2 Å². The van der Waals surface area contributed by atoms with E-state index < -0.39 is 0 Å². The smallest absolute Gasteiger partial charge is 0.399 e. The number of hydrogen-bond acceptors (Lipinski definition) is 4. The predicted molar refractivity (Wildman–Crippen MR) is 79.6 cm³/mol. The van der Waals surface area contributed by atoms with Gasteiger partial charge in [-0.15, -0.1) is 0 Å². The third-order valence-corrected chi connectivity index (χ3v) is 3.17. The molecule has 0 saturated heterocycles. The van der Waals surface area contributed by atoms with Crippen molar-refractivity contribution in [3.63, 3.8) is 0 Å². The zero-order chi connectivity index (χ0) is 14.8. The number of nitrogens with one attached hydrogen (secondary N) is 1. The van der Waals surface area contributed by atoms with E-state index in [2.05, 4.69) is 31.1 Å². The maximum atomic E-state index is 5.91. The molecule has 0 radical (unpaired) electrons. The molecule has 1 aromatic heterocycles. The van der Waals surface area contributed by atoms with Crippen molar-refractivity contribution in [3.05, 3.63) is 40.2 Å². The Labute approximate surface area is 128 Å². The third-order valence-electron chi connectivity index (χ3n) is 2.43. The normalized spacial score (nSPS) is 11.7. The Hall–Kier alpha value is -1.23. The first-order valence-electron chi connectivity index (χ1n) is 6.16. The zero-order valence-corrected chi connectivity index (χ0v) is 13.0. The molecule has 1 heterocycles. The summed E-state index contributed by atoms with van der Waals surface area (Å²) in [5, 5.41) is 4.21. The summed E-state index contributed by atoms with van der Waals surface area (Å²) in [6.45, 7) is 6.86. The molecule has 0 aliphatic heterocycles. The molecule has 0 amide bonds. The Morgan fingerprint density at radius 1 is 1.25 bits per heavy atom. The number of aromatic nitrogens is 1. The van der Waals surface area contributed by atoms with Crippen LogP contribution in [0.15, 0.2) is 28.9 Å². The van der Waals surface area contributed by atoms with Crippen molar-refractivity contribution in [1.29, 1.82) is 0 Å². The van der Waals surface area contributed by atoms with Gasteiger partial charge < -0.3 is 14.5 Å². The van der Waals surface area contributed by atoms with Gasteiger partial charge in [-0.05, 0) is 32.9 Å². The van der Waals surface area contributed by atoms with Crippen LogP contribution in [0.1, 0.15) is 26.5 Å². The number of benzene rings is 1. The van der Waals surface area contributed by atoms with E-state index in [1.54, 1.807) is 24.5 Å². The van der Waals surface area contributed by atoms with Crippen molar-refractivity contribution in [1.82, 2.24) is 10.3 Å². The van der Waals surface area contributed by atoms with Gasteiger partial charge in [-0.1, -0.05) is 23.2 Å². The number of halogens is 2. The monoisotopic (exact) mass is 314 g/mol. The van der Waals surface area contributed by atoms with Gasteiger partial charge in [-0.25, -0.2) is 0 Å². The minimum Gasteiger partial charge on any atom is -0.417 e. The summed E-state index contributed by atoms with van der Waals surface area (Å²) in [6, 6.07) is 4.97. The minimum atomic E-state index is 0.0175. The molecule has 2 aromatic rings. The lowest BCUT2D eigenvalue weighted by Crippen LogP contribution is -2.35. The van der Waals surface area contributed by atoms with Crippen LogP contribution in [0.4, 0.5) is 0 Å². The van der Waals surface area contributed by atoms with Gasteiger partial charge in [-0.3, -0.25) is 0 Å². The Morgan fingerprint density at radius 2 is 2.00 bits per heavy atom. The van der Waals surface area contributed by atoms with Crippen LogP contribution in [-0.4, -0.2) is 10.5 Å². The van der Waals surface area contributed by atoms with Gasteiger partial charge in [0.05, 0.1) is 15.7 Å². The molecule has 6 heteroatoms. The molecule has 4 nitrogen and oxygen atoms in total. The fourth-order valence-electron chi connectivity index (χ4n) is 1.41. The highest BCUT2D eigenvalue weighted by Crippen LogP contribution is 2.29. The second-order valence-electron chi connectivity index (χ2n) is 5.39. The highest BCUT2D eigenvalue weighted by Gasteiger charge is 2.12. The van der Waals surface area contributed by atoms with Crippen molar-refractivity contribution in [3.8, 4) is 11.8 Å². The molecule has 108 valence electrons. The lowest BCUT2D eigenvalue weighted by atomic mass is 10.1. The highest BCUT2D eigenvalue weighted by molar-refractivity contribution is 6.42. The summed E-state index contributed by atoms with van der Waals surface area (Å²) in [5.41, 5.74) is 0.791. The highest BCUT2D eigenvalue weighted by atomic mass is 35.5. The SMILES string of the molecule is CC(C)(C)NCc1coc(Oc2ccc(Cl)c(Cl)c2)n1. The molecule has 0 bridgehead atoms. The molecule has 0 saturated carbocycles. The molecule has 0 fully saturated rings. The zero-order valence-electron chi connectivity index (χ0n) is 11.5. The van der Waals surface area contributed by atoms with E-state index in [1.807, 2.05) is 0 Å². The first-order chi connectivity index (χ1) is 9.33. The number of ether oxygens (including phenoxy) is 1. The van der Waals surface area contributed by atoms with E-state index in [9.17, 15) is 0 Å². The number of rotatable bonds is 4. The third kappa shape index (κ3) is 4.40. The number of nitrogens with zero attached hydrogens (tertiary/aromatic N) is 1. The van der Waals surface area contributed by atoms with Crippen LogP contribution in [0.3, 0.4) is 0 Å². The Kier molecular flexibility index (Phi) is 4.58. The van der Waals surface area contributed by atoms with Crippen LogP contribution in [0.2, 0.25) is 10.0 Å². The van der Waals surface area contributed by atoms with E-state index in [0.29, 0.717) is 22.3 Å². The molecule has 20 heavy (non-hydrogen) atoms. The van der Waals surface area contributed by atoms with Gasteiger partial charge in [0.2, 0.25) is 0 Å². The molecular weight excluding hydrogens is 299 g/mol. The van der Waals surface area contributed by atoms with Gasteiger partial charge in [0, 0.05) is 18.2 Å². The van der Waals surface area contributed by atoms with E-state index in [4.69, 9.17) is 32.4 Å². The molecule has 0 aliphatic rings. The predicted octanol–water partition coefficient (Wildman–Crippen LogP) is 4.66. The summed E-state index contributed by atoms with van der Waals surface area (Å²) < 4.78 is 10.7. The van der Waals surface area contributed by atoms with Crippen LogP contribution in [0.5, 0.6) is 11.8 Å². The largest absolute Gasteiger partial charge is 0.417 e. The van der Waals surface area contributed by atoms with Crippen molar-refractivity contribution in [2.24, 2.45) is 0 Å². The summed E-state index contributed by atoms with van der Waals surface area (Å²) >= 11 is 11.7. The topological polar surface area (TPSA) is 47.3 Å². The van der Waals surface area contributed by atoms with Crippen LogP contribution in [-0.2, 0) is 6.54 Å². The summed E-state index contributed by atoms with van der Waals surface area (Å²) in [5.74, 6) is 0.525. The van der Waals surface area contributed by atoms with Crippen molar-refractivity contribution in [2.45, 2.75) is 32.9 Å². The van der Waals surface area contributed by atoms with Gasteiger partial charge in [0.1, 0.15) is 12.0 Å². The number of oxazole rings is 1. The summed E-state index contributed by atoms with van der Waals surface area (Å²) in [6.07, 6.45) is 1.74. The van der Waals surface area contributed by atoms with E-state index >= 15 is 0 Å². The van der Waals surface area contributed by atoms with Gasteiger partial charge in [0.15, 0.2) is 0 Å². The maximum Gasteiger partial charge on any atom is 0.399 e. The van der Waals surface area contributed by atoms with Crippen molar-refractivity contribution in [2.75, 3.05) is 0 Å². The first-order valence-corrected chi connectivity index (χ1v) is 6.91. The molecule has 0 spiro atoms. The molecule has 0 unspecified atom stereocenters. The maximum absolute atomic E-state index is 5.91. The second kappa shape index (κ2) is 6.04. The average Bonchev–Trinajstić information content (AvgIpc) is 2.78. The standard InChI is InChI=1S/C14H16Cl2N2O2/c1-14(2,3)17-7-9-8-19-13(18-9)20-10-4-5-11(15)12(16)6-10/h4-6,8,17H,7H2,1-3H3. The fraction of sp³-hybridized carbons (Fsp3) is 0.357. The number of hydrogen-bond donors (Lipinski definition) is 1. The molecule has 1 N–H and O–H groups in total. The van der Waals surface area contributed by atoms with Crippen molar-refractivity contribution < 1.29 is 9.15 Å². The van der Waals surface area contributed by atoms with Crippen LogP contribution in [0, 0.1) is 0 Å². The summed E-state index contributed by atoms with van der Waals surface area (Å²) in [7, 11) is 0. The van der Waals surface area contributed by atoms with E-state index in [0.717, 1.165) is 5.69 Å². The van der Waals surface area contributed by atoms with Gasteiger partial charge >= 0.3 is 6.08 Å². The van der Waals surface area contributed by atoms with E-state index in [1.165, 1.54) is 0 Å². The second-order valence-corrected chi connectivity index (χ2v) is 6.20. The molecular formula is C14H16Cl2N2O2. The Bertz CT molecular complexity index is 591. The first kappa shape index (κ1) is 15.2. The summed E-state index contributed by atoms with van der Waals surface area (Å²) in [4.78, 5) is 4.23. The van der Waals surface area contributed by atoms with Crippen LogP contribution in [0.25, 0.3) is 0 Å². The fourth-order valence-corrected chi connectivity index (χ4v) is 1.70. The van der Waals surface area contributed by atoms with Crippen LogP contribution < -0.4 is 10.1 Å². The Balaban J connectivity index is 2.00.